The van der Waals surface area contributed by atoms with E-state index < -0.39 is 0 Å². The average molecular weight is 166 g/mol. The Balaban J connectivity index is 2.20. The molecule has 0 saturated carbocycles. The van der Waals surface area contributed by atoms with Crippen LogP contribution in [0.4, 0.5) is 0 Å². The molecule has 0 saturated heterocycles. The molecule has 1 aromatic heterocycles. The normalized spacial score (nSPS) is 21.8. The molecule has 0 bridgehead atoms. The Bertz CT molecular complexity index is 306. The van der Waals surface area contributed by atoms with E-state index in [-0.39, 0.29) is 11.9 Å². The summed E-state index contributed by atoms with van der Waals surface area (Å²) in [4.78, 5) is 17.9. The molecule has 1 atom stereocenters. The van der Waals surface area contributed by atoms with Gasteiger partial charge in [-0.15, -0.1) is 0 Å². The number of nitrogens with zero attached hydrogens (tertiary/aromatic N) is 1. The summed E-state index contributed by atoms with van der Waals surface area (Å²) in [5.41, 5.74) is 7.14. The number of primary amides is 1. The van der Waals surface area contributed by atoms with Gasteiger partial charge in [0.05, 0.1) is 23.8 Å². The lowest BCUT2D eigenvalue weighted by molar-refractivity contribution is -0.120. The van der Waals surface area contributed by atoms with Gasteiger partial charge in [-0.2, -0.15) is 0 Å². The van der Waals surface area contributed by atoms with E-state index >= 15 is 0 Å². The number of aromatic amines is 1. The molecule has 1 aliphatic rings. The average Bonchev–Trinajstić information content (AvgIpc) is 2.49. The minimum atomic E-state index is -0.316. The predicted molar refractivity (Wildman–Crippen MR) is 42.1 cm³/mol. The van der Waals surface area contributed by atoms with Gasteiger partial charge in [0.2, 0.25) is 5.91 Å². The van der Waals surface area contributed by atoms with Crippen LogP contribution in [-0.2, 0) is 17.8 Å². The van der Waals surface area contributed by atoms with Crippen molar-refractivity contribution in [1.29, 1.82) is 0 Å². The molecule has 4 N–H and O–H groups in total. The van der Waals surface area contributed by atoms with Crippen molar-refractivity contribution in [1.82, 2.24) is 15.3 Å². The van der Waals surface area contributed by atoms with Crippen LogP contribution in [0.2, 0.25) is 0 Å². The van der Waals surface area contributed by atoms with Crippen LogP contribution in [0, 0.1) is 0 Å². The van der Waals surface area contributed by atoms with Gasteiger partial charge in [0.15, 0.2) is 0 Å². The van der Waals surface area contributed by atoms with Crippen molar-refractivity contribution in [2.75, 3.05) is 0 Å². The summed E-state index contributed by atoms with van der Waals surface area (Å²) >= 11 is 0. The van der Waals surface area contributed by atoms with E-state index in [1.54, 1.807) is 6.33 Å². The first-order valence-corrected chi connectivity index (χ1v) is 3.81. The summed E-state index contributed by atoms with van der Waals surface area (Å²) in [6, 6.07) is -0.263. The molecule has 2 heterocycles. The lowest BCUT2D eigenvalue weighted by Gasteiger charge is -2.19. The number of fused-ring (bicyclic) bond motifs is 1. The summed E-state index contributed by atoms with van der Waals surface area (Å²) in [6.45, 7) is 0.642. The van der Waals surface area contributed by atoms with Crippen molar-refractivity contribution in [2.45, 2.75) is 19.0 Å². The molecule has 12 heavy (non-hydrogen) atoms. The number of aromatic nitrogens is 2. The molecule has 0 aromatic carbocycles. The van der Waals surface area contributed by atoms with E-state index in [1.807, 2.05) is 0 Å². The number of nitrogens with one attached hydrogen (secondary N) is 2. The Labute approximate surface area is 69.4 Å². The van der Waals surface area contributed by atoms with Crippen molar-refractivity contribution >= 4 is 5.91 Å². The lowest BCUT2D eigenvalue weighted by Crippen LogP contribution is -2.45. The van der Waals surface area contributed by atoms with Crippen molar-refractivity contribution in [3.8, 4) is 0 Å². The van der Waals surface area contributed by atoms with Gasteiger partial charge in [0.25, 0.3) is 0 Å². The zero-order valence-corrected chi connectivity index (χ0v) is 6.50. The molecule has 1 aromatic rings. The molecule has 1 aliphatic heterocycles. The first-order valence-electron chi connectivity index (χ1n) is 3.81. The Morgan fingerprint density at radius 3 is 3.33 bits per heavy atom. The molecule has 0 spiro atoms. The minimum absolute atomic E-state index is 0.263. The van der Waals surface area contributed by atoms with Crippen molar-refractivity contribution in [3.63, 3.8) is 0 Å². The monoisotopic (exact) mass is 166 g/mol. The molecular formula is C7H10N4O. The molecule has 64 valence electrons. The number of hydrogen-bond donors (Lipinski definition) is 3. The van der Waals surface area contributed by atoms with Crippen molar-refractivity contribution < 1.29 is 4.79 Å². The number of rotatable bonds is 1. The molecule has 0 aliphatic carbocycles. The Kier molecular flexibility index (Phi) is 1.58. The van der Waals surface area contributed by atoms with Gasteiger partial charge in [0.1, 0.15) is 0 Å². The maximum absolute atomic E-state index is 10.8. The number of carbonyl (C=O) groups excluding carboxylic acids is 1. The SMILES string of the molecule is NC(=O)C1Cc2nc[nH]c2CN1. The zero-order valence-electron chi connectivity index (χ0n) is 6.50. The molecule has 1 amide bonds. The first kappa shape index (κ1) is 7.30. The number of imidazole rings is 1. The molecule has 5 heteroatoms. The summed E-state index contributed by atoms with van der Waals surface area (Å²) < 4.78 is 0. The highest BCUT2D eigenvalue weighted by atomic mass is 16.1. The van der Waals surface area contributed by atoms with Gasteiger partial charge in [-0.25, -0.2) is 4.98 Å². The number of carbonyl (C=O) groups is 1. The largest absolute Gasteiger partial charge is 0.368 e. The third-order valence-electron chi connectivity index (χ3n) is 2.07. The predicted octanol–water partition coefficient (Wildman–Crippen LogP) is -1.09. The maximum Gasteiger partial charge on any atom is 0.234 e. The summed E-state index contributed by atoms with van der Waals surface area (Å²) in [5.74, 6) is -0.316. The van der Waals surface area contributed by atoms with Crippen LogP contribution in [0.3, 0.4) is 0 Å². The quantitative estimate of drug-likeness (QED) is 0.495. The highest BCUT2D eigenvalue weighted by molar-refractivity contribution is 5.80. The molecule has 2 rings (SSSR count). The Morgan fingerprint density at radius 2 is 2.58 bits per heavy atom. The standard InChI is InChI=1S/C7H10N4O/c8-7(12)5-1-4-6(2-9-5)11-3-10-4/h3,5,9H,1-2H2,(H2,8,12)(H,10,11). The van der Waals surface area contributed by atoms with E-state index in [2.05, 4.69) is 15.3 Å². The van der Waals surface area contributed by atoms with Crippen LogP contribution < -0.4 is 11.1 Å². The van der Waals surface area contributed by atoms with E-state index in [4.69, 9.17) is 5.73 Å². The van der Waals surface area contributed by atoms with E-state index in [0.717, 1.165) is 11.4 Å². The van der Waals surface area contributed by atoms with E-state index in [1.165, 1.54) is 0 Å². The summed E-state index contributed by atoms with van der Waals surface area (Å²) in [7, 11) is 0. The van der Waals surface area contributed by atoms with Crippen LogP contribution >= 0.6 is 0 Å². The van der Waals surface area contributed by atoms with E-state index in [9.17, 15) is 4.79 Å². The van der Waals surface area contributed by atoms with E-state index in [0.29, 0.717) is 13.0 Å². The summed E-state index contributed by atoms with van der Waals surface area (Å²) in [5, 5.41) is 3.02. The second kappa shape index (κ2) is 2.60. The lowest BCUT2D eigenvalue weighted by atomic mass is 10.1. The third-order valence-corrected chi connectivity index (χ3v) is 2.07. The number of H-pyrrole nitrogens is 1. The van der Waals surface area contributed by atoms with Gasteiger partial charge < -0.3 is 10.7 Å². The van der Waals surface area contributed by atoms with Crippen molar-refractivity contribution in [2.24, 2.45) is 5.73 Å². The summed E-state index contributed by atoms with van der Waals surface area (Å²) in [6.07, 6.45) is 2.23. The number of nitrogens with two attached hydrogens (primary N) is 1. The van der Waals surface area contributed by atoms with Gasteiger partial charge >= 0.3 is 0 Å². The third kappa shape index (κ3) is 1.08. The van der Waals surface area contributed by atoms with Gasteiger partial charge in [0, 0.05) is 13.0 Å². The Morgan fingerprint density at radius 1 is 1.75 bits per heavy atom. The fourth-order valence-electron chi connectivity index (χ4n) is 1.37. The molecule has 0 radical (unpaired) electrons. The van der Waals surface area contributed by atoms with Crippen molar-refractivity contribution in [3.05, 3.63) is 17.7 Å². The van der Waals surface area contributed by atoms with Gasteiger partial charge in [-0.05, 0) is 0 Å². The van der Waals surface area contributed by atoms with Gasteiger partial charge in [-0.1, -0.05) is 0 Å². The van der Waals surface area contributed by atoms with Crippen LogP contribution in [0.1, 0.15) is 11.4 Å². The second-order valence-corrected chi connectivity index (χ2v) is 2.87. The fourth-order valence-corrected chi connectivity index (χ4v) is 1.37. The van der Waals surface area contributed by atoms with Gasteiger partial charge in [-0.3, -0.25) is 10.1 Å². The van der Waals surface area contributed by atoms with Crippen LogP contribution in [0.5, 0.6) is 0 Å². The number of amides is 1. The second-order valence-electron chi connectivity index (χ2n) is 2.87. The molecule has 0 fully saturated rings. The smallest absolute Gasteiger partial charge is 0.234 e. The van der Waals surface area contributed by atoms with Crippen LogP contribution in [0.25, 0.3) is 0 Å². The fraction of sp³-hybridized carbons (Fsp3) is 0.429. The highest BCUT2D eigenvalue weighted by Crippen LogP contribution is 2.11. The number of hydrogen-bond acceptors (Lipinski definition) is 3. The zero-order chi connectivity index (χ0) is 8.55. The molecular weight excluding hydrogens is 156 g/mol. The first-order chi connectivity index (χ1) is 5.77. The highest BCUT2D eigenvalue weighted by Gasteiger charge is 2.23. The van der Waals surface area contributed by atoms with Crippen LogP contribution in [-0.4, -0.2) is 21.9 Å². The topological polar surface area (TPSA) is 83.8 Å². The minimum Gasteiger partial charge on any atom is -0.368 e. The molecule has 5 nitrogen and oxygen atoms in total. The maximum atomic E-state index is 10.8. The van der Waals surface area contributed by atoms with Crippen LogP contribution in [0.15, 0.2) is 6.33 Å². The molecule has 1 unspecified atom stereocenters. The Hall–Kier alpha value is -1.36.